The standard InChI is InChI=1S/C14H16ClF2NO2S/c1-9-3-4-10(11(5-9)19-13(16)17)7-21-12-6-14(2,8-15)20-18-12/h3-5,13H,6-8H2,1-2H3. The van der Waals surface area contributed by atoms with Gasteiger partial charge in [-0.1, -0.05) is 17.3 Å². The second-order valence-corrected chi connectivity index (χ2v) is 6.43. The van der Waals surface area contributed by atoms with Crippen molar-refractivity contribution in [2.45, 2.75) is 38.2 Å². The van der Waals surface area contributed by atoms with E-state index in [-0.39, 0.29) is 5.75 Å². The topological polar surface area (TPSA) is 30.8 Å². The Morgan fingerprint density at radius 1 is 1.52 bits per heavy atom. The predicted molar refractivity (Wildman–Crippen MR) is 81.4 cm³/mol. The highest BCUT2D eigenvalue weighted by atomic mass is 35.5. The smallest absolute Gasteiger partial charge is 0.387 e. The molecular formula is C14H16ClF2NO2S. The third-order valence-corrected chi connectivity index (χ3v) is 4.58. The highest BCUT2D eigenvalue weighted by Crippen LogP contribution is 2.33. The van der Waals surface area contributed by atoms with E-state index >= 15 is 0 Å². The summed E-state index contributed by atoms with van der Waals surface area (Å²) in [4.78, 5) is 5.29. The Morgan fingerprint density at radius 2 is 2.29 bits per heavy atom. The number of nitrogens with zero attached hydrogens (tertiary/aromatic N) is 1. The van der Waals surface area contributed by atoms with Crippen LogP contribution < -0.4 is 4.74 Å². The molecule has 7 heteroatoms. The van der Waals surface area contributed by atoms with Crippen LogP contribution >= 0.6 is 23.4 Å². The fourth-order valence-corrected chi connectivity index (χ4v) is 3.04. The van der Waals surface area contributed by atoms with Crippen molar-refractivity contribution in [3.8, 4) is 5.75 Å². The second kappa shape index (κ2) is 6.83. The number of rotatable bonds is 5. The Kier molecular flexibility index (Phi) is 5.32. The van der Waals surface area contributed by atoms with Crippen LogP contribution in [0.15, 0.2) is 23.4 Å². The lowest BCUT2D eigenvalue weighted by Crippen LogP contribution is -2.26. The van der Waals surface area contributed by atoms with Crippen molar-refractivity contribution >= 4 is 28.4 Å². The van der Waals surface area contributed by atoms with Crippen LogP contribution in [0.4, 0.5) is 8.78 Å². The second-order valence-electron chi connectivity index (χ2n) is 5.11. The van der Waals surface area contributed by atoms with Crippen molar-refractivity contribution in [1.82, 2.24) is 0 Å². The van der Waals surface area contributed by atoms with Crippen LogP contribution in [-0.4, -0.2) is 23.1 Å². The van der Waals surface area contributed by atoms with E-state index in [0.29, 0.717) is 23.6 Å². The molecule has 3 nitrogen and oxygen atoms in total. The largest absolute Gasteiger partial charge is 0.435 e. The van der Waals surface area contributed by atoms with Gasteiger partial charge in [-0.15, -0.1) is 23.4 Å². The monoisotopic (exact) mass is 335 g/mol. The molecule has 0 fully saturated rings. The molecule has 0 saturated heterocycles. The summed E-state index contributed by atoms with van der Waals surface area (Å²) < 4.78 is 29.4. The molecule has 2 rings (SSSR count). The highest BCUT2D eigenvalue weighted by Gasteiger charge is 2.33. The molecule has 0 amide bonds. The molecular weight excluding hydrogens is 320 g/mol. The van der Waals surface area contributed by atoms with Crippen LogP contribution in [0.2, 0.25) is 0 Å². The third-order valence-electron chi connectivity index (χ3n) is 3.01. The average molecular weight is 336 g/mol. The van der Waals surface area contributed by atoms with E-state index in [2.05, 4.69) is 9.89 Å². The van der Waals surface area contributed by atoms with Gasteiger partial charge in [-0.25, -0.2) is 0 Å². The summed E-state index contributed by atoms with van der Waals surface area (Å²) >= 11 is 7.26. The molecule has 0 aliphatic carbocycles. The fourth-order valence-electron chi connectivity index (χ4n) is 1.84. The summed E-state index contributed by atoms with van der Waals surface area (Å²) in [6.45, 7) is 0.881. The van der Waals surface area contributed by atoms with Gasteiger partial charge in [0.2, 0.25) is 0 Å². The molecule has 0 aromatic heterocycles. The maximum absolute atomic E-state index is 12.4. The van der Waals surface area contributed by atoms with Gasteiger partial charge in [0, 0.05) is 17.7 Å². The van der Waals surface area contributed by atoms with E-state index in [4.69, 9.17) is 16.4 Å². The van der Waals surface area contributed by atoms with Gasteiger partial charge < -0.3 is 9.57 Å². The van der Waals surface area contributed by atoms with Crippen molar-refractivity contribution in [2.24, 2.45) is 5.16 Å². The molecule has 21 heavy (non-hydrogen) atoms. The summed E-state index contributed by atoms with van der Waals surface area (Å²) in [7, 11) is 0. The zero-order chi connectivity index (χ0) is 15.5. The maximum atomic E-state index is 12.4. The Labute approximate surface area is 131 Å². The number of hydrogen-bond acceptors (Lipinski definition) is 4. The minimum Gasteiger partial charge on any atom is -0.435 e. The lowest BCUT2D eigenvalue weighted by molar-refractivity contribution is -0.0503. The number of oxime groups is 1. The molecule has 1 aromatic rings. The van der Waals surface area contributed by atoms with E-state index in [1.54, 1.807) is 12.1 Å². The Bertz CT molecular complexity index is 542. The van der Waals surface area contributed by atoms with Gasteiger partial charge in [0.05, 0.1) is 5.88 Å². The number of hydrogen-bond donors (Lipinski definition) is 0. The number of halogens is 3. The minimum atomic E-state index is -2.83. The highest BCUT2D eigenvalue weighted by molar-refractivity contribution is 8.13. The predicted octanol–water partition coefficient (Wildman–Crippen LogP) is 4.56. The van der Waals surface area contributed by atoms with E-state index in [0.717, 1.165) is 10.6 Å². The molecule has 1 heterocycles. The first kappa shape index (κ1) is 16.4. The Hall–Kier alpha value is -1.01. The van der Waals surface area contributed by atoms with Crippen LogP contribution in [0.1, 0.15) is 24.5 Å². The third kappa shape index (κ3) is 4.48. The molecule has 1 atom stereocenters. The van der Waals surface area contributed by atoms with Crippen LogP contribution in [0.5, 0.6) is 5.75 Å². The summed E-state index contributed by atoms with van der Waals surface area (Å²) in [6.07, 6.45) is 0.623. The first-order chi connectivity index (χ1) is 9.92. The van der Waals surface area contributed by atoms with Crippen molar-refractivity contribution in [2.75, 3.05) is 5.88 Å². The number of ether oxygens (including phenoxy) is 1. The molecule has 1 aliphatic heterocycles. The first-order valence-electron chi connectivity index (χ1n) is 6.40. The Balaban J connectivity index is 2.00. The van der Waals surface area contributed by atoms with Gasteiger partial charge >= 0.3 is 6.61 Å². The summed E-state index contributed by atoms with van der Waals surface area (Å²) in [6, 6.07) is 5.26. The van der Waals surface area contributed by atoms with Gasteiger partial charge in [-0.3, -0.25) is 0 Å². The van der Waals surface area contributed by atoms with Gasteiger partial charge in [0.25, 0.3) is 0 Å². The van der Waals surface area contributed by atoms with Crippen molar-refractivity contribution in [3.63, 3.8) is 0 Å². The SMILES string of the molecule is Cc1ccc(CSC2=NOC(C)(CCl)C2)c(OC(F)F)c1. The number of aryl methyl sites for hydroxylation is 1. The Morgan fingerprint density at radius 3 is 2.90 bits per heavy atom. The summed E-state index contributed by atoms with van der Waals surface area (Å²) in [5, 5.41) is 4.80. The zero-order valence-electron chi connectivity index (χ0n) is 11.7. The van der Waals surface area contributed by atoms with Crippen molar-refractivity contribution in [1.29, 1.82) is 0 Å². The van der Waals surface area contributed by atoms with Crippen LogP contribution in [0.25, 0.3) is 0 Å². The van der Waals surface area contributed by atoms with Crippen LogP contribution in [0, 0.1) is 6.92 Å². The first-order valence-corrected chi connectivity index (χ1v) is 7.92. The van der Waals surface area contributed by atoms with E-state index < -0.39 is 12.2 Å². The fraction of sp³-hybridized carbons (Fsp3) is 0.500. The maximum Gasteiger partial charge on any atom is 0.387 e. The molecule has 0 N–H and O–H groups in total. The molecule has 0 spiro atoms. The molecule has 1 aliphatic rings. The molecule has 0 saturated carbocycles. The average Bonchev–Trinajstić information content (AvgIpc) is 2.80. The van der Waals surface area contributed by atoms with E-state index in [1.165, 1.54) is 11.8 Å². The van der Waals surface area contributed by atoms with Gasteiger partial charge in [-0.2, -0.15) is 8.78 Å². The molecule has 0 bridgehead atoms. The lowest BCUT2D eigenvalue weighted by atomic mass is 10.1. The normalized spacial score (nSPS) is 21.3. The van der Waals surface area contributed by atoms with Gasteiger partial charge in [-0.05, 0) is 25.5 Å². The number of benzene rings is 1. The molecule has 1 unspecified atom stereocenters. The number of alkyl halides is 3. The van der Waals surface area contributed by atoms with E-state index in [1.807, 2.05) is 19.9 Å². The lowest BCUT2D eigenvalue weighted by Gasteiger charge is -2.16. The molecule has 1 aromatic carbocycles. The van der Waals surface area contributed by atoms with Crippen molar-refractivity contribution in [3.05, 3.63) is 29.3 Å². The summed E-state index contributed by atoms with van der Waals surface area (Å²) in [5.74, 6) is 1.05. The van der Waals surface area contributed by atoms with Gasteiger partial charge in [0.1, 0.15) is 10.8 Å². The minimum absolute atomic E-state index is 0.206. The van der Waals surface area contributed by atoms with E-state index in [9.17, 15) is 8.78 Å². The van der Waals surface area contributed by atoms with Crippen LogP contribution in [0.3, 0.4) is 0 Å². The van der Waals surface area contributed by atoms with Crippen LogP contribution in [-0.2, 0) is 10.6 Å². The molecule has 116 valence electrons. The quantitative estimate of drug-likeness (QED) is 0.739. The van der Waals surface area contributed by atoms with Gasteiger partial charge in [0.15, 0.2) is 5.60 Å². The zero-order valence-corrected chi connectivity index (χ0v) is 13.3. The number of thioether (sulfide) groups is 1. The van der Waals surface area contributed by atoms with Crippen molar-refractivity contribution < 1.29 is 18.4 Å². The summed E-state index contributed by atoms with van der Waals surface area (Å²) in [5.41, 5.74) is 1.10. The molecule has 0 radical (unpaired) electrons.